The van der Waals surface area contributed by atoms with Crippen molar-refractivity contribution in [2.24, 2.45) is 11.8 Å². The fraction of sp³-hybridized carbons (Fsp3) is 0.542. The van der Waals surface area contributed by atoms with E-state index in [0.717, 1.165) is 26.2 Å². The minimum absolute atomic E-state index is 0.0138. The van der Waals surface area contributed by atoms with E-state index in [4.69, 9.17) is 0 Å². The predicted molar refractivity (Wildman–Crippen MR) is 118 cm³/mol. The van der Waals surface area contributed by atoms with Gasteiger partial charge in [0.2, 0.25) is 0 Å². The Morgan fingerprint density at radius 1 is 1.00 bits per heavy atom. The molecule has 0 bridgehead atoms. The molecule has 1 atom stereocenters. The molecule has 0 aliphatic carbocycles. The second-order valence-electron chi connectivity index (χ2n) is 9.04. The summed E-state index contributed by atoms with van der Waals surface area (Å²) in [5, 5.41) is 5.62. The summed E-state index contributed by atoms with van der Waals surface area (Å²) in [5.41, 5.74) is 1.17. The summed E-state index contributed by atoms with van der Waals surface area (Å²) in [5.74, 6) is 1.29. The molecule has 1 unspecified atom stereocenters. The summed E-state index contributed by atoms with van der Waals surface area (Å²) in [4.78, 5) is 17.3. The Kier molecular flexibility index (Phi) is 6.61. The quantitative estimate of drug-likeness (QED) is 0.740. The number of hydrogen-bond acceptors (Lipinski definition) is 2. The van der Waals surface area contributed by atoms with E-state index in [-0.39, 0.29) is 12.1 Å². The fourth-order valence-electron chi connectivity index (χ4n) is 4.15. The van der Waals surface area contributed by atoms with Crippen LogP contribution in [0, 0.1) is 11.8 Å². The number of urea groups is 1. The number of amides is 2. The van der Waals surface area contributed by atoms with E-state index in [1.54, 1.807) is 0 Å². The molecule has 1 aliphatic rings. The van der Waals surface area contributed by atoms with Crippen LogP contribution in [0.5, 0.6) is 0 Å². The number of fused-ring (bicyclic) bond motifs is 1. The third kappa shape index (κ3) is 4.85. The minimum Gasteiger partial charge on any atom is -0.331 e. The first-order valence-corrected chi connectivity index (χ1v) is 10.6. The first-order valence-electron chi connectivity index (χ1n) is 10.6. The highest BCUT2D eigenvalue weighted by Crippen LogP contribution is 2.25. The highest BCUT2D eigenvalue weighted by molar-refractivity contribution is 5.86. The summed E-state index contributed by atoms with van der Waals surface area (Å²) in [6.07, 6.45) is 0. The van der Waals surface area contributed by atoms with E-state index in [1.165, 1.54) is 16.3 Å². The van der Waals surface area contributed by atoms with Crippen molar-refractivity contribution in [2.45, 2.75) is 46.7 Å². The number of nitrogens with one attached hydrogen (secondary N) is 1. The van der Waals surface area contributed by atoms with Gasteiger partial charge in [-0.05, 0) is 35.1 Å². The number of nitrogens with zero attached hydrogens (tertiary/aromatic N) is 2. The van der Waals surface area contributed by atoms with Gasteiger partial charge in [0.1, 0.15) is 0 Å². The molecule has 0 saturated carbocycles. The summed E-state index contributed by atoms with van der Waals surface area (Å²) >= 11 is 0. The van der Waals surface area contributed by atoms with Gasteiger partial charge in [0.15, 0.2) is 0 Å². The monoisotopic (exact) mass is 381 g/mol. The molecule has 152 valence electrons. The molecule has 2 aromatic rings. The molecule has 1 fully saturated rings. The van der Waals surface area contributed by atoms with Crippen molar-refractivity contribution in [1.29, 1.82) is 0 Å². The number of carbonyl (C=O) groups excluding carboxylic acids is 1. The van der Waals surface area contributed by atoms with Crippen LogP contribution in [-0.4, -0.2) is 48.1 Å². The predicted octanol–water partition coefficient (Wildman–Crippen LogP) is 4.91. The van der Waals surface area contributed by atoms with Gasteiger partial charge >= 0.3 is 6.03 Å². The third-order valence-corrected chi connectivity index (χ3v) is 5.50. The van der Waals surface area contributed by atoms with Gasteiger partial charge in [-0.2, -0.15) is 0 Å². The second kappa shape index (κ2) is 8.95. The number of rotatable bonds is 7. The molecule has 2 aromatic carbocycles. The van der Waals surface area contributed by atoms with E-state index in [9.17, 15) is 4.79 Å². The van der Waals surface area contributed by atoms with Gasteiger partial charge < -0.3 is 10.2 Å². The van der Waals surface area contributed by atoms with E-state index in [0.29, 0.717) is 17.9 Å². The largest absolute Gasteiger partial charge is 0.331 e. The molecule has 1 heterocycles. The first-order chi connectivity index (χ1) is 13.3. The molecule has 4 heteroatoms. The molecule has 28 heavy (non-hydrogen) atoms. The smallest absolute Gasteiger partial charge is 0.317 e. The van der Waals surface area contributed by atoms with Gasteiger partial charge in [0, 0.05) is 32.2 Å². The van der Waals surface area contributed by atoms with Gasteiger partial charge in [-0.15, -0.1) is 0 Å². The lowest BCUT2D eigenvalue weighted by atomic mass is 9.99. The molecule has 1 N–H and O–H groups in total. The van der Waals surface area contributed by atoms with Gasteiger partial charge in [-0.3, -0.25) is 4.90 Å². The average Bonchev–Trinajstić information content (AvgIpc) is 2.58. The maximum Gasteiger partial charge on any atom is 0.317 e. The number of benzene rings is 2. The zero-order valence-corrected chi connectivity index (χ0v) is 18.0. The van der Waals surface area contributed by atoms with E-state index >= 15 is 0 Å². The van der Waals surface area contributed by atoms with Crippen LogP contribution in [-0.2, 0) is 0 Å². The van der Waals surface area contributed by atoms with Crippen LogP contribution >= 0.6 is 0 Å². The van der Waals surface area contributed by atoms with Crippen LogP contribution in [0.3, 0.4) is 0 Å². The van der Waals surface area contributed by atoms with Crippen LogP contribution in [0.15, 0.2) is 42.5 Å². The lowest BCUT2D eigenvalue weighted by Gasteiger charge is -2.46. The Hall–Kier alpha value is -2.07. The van der Waals surface area contributed by atoms with Crippen molar-refractivity contribution >= 4 is 16.8 Å². The highest BCUT2D eigenvalue weighted by Gasteiger charge is 2.35. The minimum atomic E-state index is -0.0138. The number of hydrogen-bond donors (Lipinski definition) is 1. The summed E-state index contributed by atoms with van der Waals surface area (Å²) in [6.45, 7) is 15.0. The van der Waals surface area contributed by atoms with Gasteiger partial charge in [0.25, 0.3) is 0 Å². The van der Waals surface area contributed by atoms with E-state index in [1.807, 2.05) is 4.90 Å². The Morgan fingerprint density at radius 2 is 1.61 bits per heavy atom. The molecule has 1 aliphatic heterocycles. The van der Waals surface area contributed by atoms with Crippen molar-refractivity contribution in [2.75, 3.05) is 26.2 Å². The molecule has 1 saturated heterocycles. The maximum atomic E-state index is 12.8. The second-order valence-corrected chi connectivity index (χ2v) is 9.04. The van der Waals surface area contributed by atoms with Crippen LogP contribution < -0.4 is 5.32 Å². The highest BCUT2D eigenvalue weighted by atomic mass is 16.2. The summed E-state index contributed by atoms with van der Waals surface area (Å²) in [6, 6.07) is 15.2. The molecule has 0 aromatic heterocycles. The molecule has 3 rings (SSSR count). The Balaban J connectivity index is 1.58. The molecule has 2 amide bonds. The van der Waals surface area contributed by atoms with Crippen molar-refractivity contribution in [3.05, 3.63) is 48.0 Å². The zero-order valence-electron chi connectivity index (χ0n) is 18.0. The van der Waals surface area contributed by atoms with Gasteiger partial charge in [-0.25, -0.2) is 4.79 Å². The molecular weight excluding hydrogens is 346 g/mol. The fourth-order valence-corrected chi connectivity index (χ4v) is 4.15. The lowest BCUT2D eigenvalue weighted by molar-refractivity contribution is 0.0417. The van der Waals surface area contributed by atoms with Gasteiger partial charge in [-0.1, -0.05) is 70.2 Å². The van der Waals surface area contributed by atoms with Crippen LogP contribution in [0.2, 0.25) is 0 Å². The van der Waals surface area contributed by atoms with Crippen molar-refractivity contribution in [1.82, 2.24) is 15.1 Å². The molecular formula is C24H35N3O. The first kappa shape index (κ1) is 20.7. The zero-order chi connectivity index (χ0) is 20.3. The van der Waals surface area contributed by atoms with Crippen molar-refractivity contribution in [3.8, 4) is 0 Å². The summed E-state index contributed by atoms with van der Waals surface area (Å²) < 4.78 is 0. The lowest BCUT2D eigenvalue weighted by Crippen LogP contribution is -2.63. The Labute approximate surface area is 169 Å². The van der Waals surface area contributed by atoms with E-state index < -0.39 is 0 Å². The Bertz CT molecular complexity index is 780. The van der Waals surface area contributed by atoms with Crippen molar-refractivity contribution < 1.29 is 4.79 Å². The standard InChI is InChI=1S/C24H35N3O/c1-17(2)13-26(14-18(3)4)21-15-27(16-21)24(28)25-19(5)22-12-8-10-20-9-6-7-11-23(20)22/h6-12,17-19,21H,13-16H2,1-5H3,(H,25,28). The maximum absolute atomic E-state index is 12.8. The number of carbonyl (C=O) groups is 1. The third-order valence-electron chi connectivity index (χ3n) is 5.50. The molecule has 4 nitrogen and oxygen atoms in total. The normalized spacial score (nSPS) is 16.1. The van der Waals surface area contributed by atoms with Crippen LogP contribution in [0.4, 0.5) is 4.79 Å². The Morgan fingerprint density at radius 3 is 2.25 bits per heavy atom. The molecule has 0 spiro atoms. The van der Waals surface area contributed by atoms with Gasteiger partial charge in [0.05, 0.1) is 6.04 Å². The average molecular weight is 382 g/mol. The van der Waals surface area contributed by atoms with E-state index in [2.05, 4.69) is 87.3 Å². The topological polar surface area (TPSA) is 35.6 Å². The van der Waals surface area contributed by atoms with Crippen LogP contribution in [0.1, 0.15) is 46.2 Å². The molecule has 0 radical (unpaired) electrons. The SMILES string of the molecule is CC(C)CN(CC(C)C)C1CN(C(=O)NC(C)c2cccc3ccccc23)C1. The summed E-state index contributed by atoms with van der Waals surface area (Å²) in [7, 11) is 0. The number of likely N-dealkylation sites (tertiary alicyclic amines) is 1. The van der Waals surface area contributed by atoms with Crippen molar-refractivity contribution in [3.63, 3.8) is 0 Å². The van der Waals surface area contributed by atoms with Crippen LogP contribution in [0.25, 0.3) is 10.8 Å².